The van der Waals surface area contributed by atoms with Gasteiger partial charge in [-0.2, -0.15) is 4.31 Å². The molecule has 2 aliphatic rings. The Labute approximate surface area is 179 Å². The van der Waals surface area contributed by atoms with E-state index < -0.39 is 22.0 Å². The standard InChI is InChI=1S/C21H22FN3O5S/c22-16-3-5-18(6-4-16)25-14-17(13-20(25)26)23-21(27)15-1-7-19(8-2-15)31(28,29)24-9-11-30-12-10-24/h1-8,17H,9-14H2,(H,23,27)/t17-/m0/s1. The number of morpholine rings is 1. The van der Waals surface area contributed by atoms with Crippen LogP contribution in [-0.2, 0) is 19.6 Å². The summed E-state index contributed by atoms with van der Waals surface area (Å²) in [6.07, 6.45) is 0.132. The van der Waals surface area contributed by atoms with Crippen LogP contribution in [0.25, 0.3) is 0 Å². The quantitative estimate of drug-likeness (QED) is 0.747. The van der Waals surface area contributed by atoms with Gasteiger partial charge in [0, 0.05) is 37.3 Å². The summed E-state index contributed by atoms with van der Waals surface area (Å²) in [4.78, 5) is 26.5. The number of hydrogen-bond donors (Lipinski definition) is 1. The summed E-state index contributed by atoms with van der Waals surface area (Å²) in [6.45, 7) is 1.58. The molecule has 2 fully saturated rings. The Morgan fingerprint density at radius 2 is 1.68 bits per heavy atom. The van der Waals surface area contributed by atoms with Gasteiger partial charge in [-0.05, 0) is 48.5 Å². The summed E-state index contributed by atoms with van der Waals surface area (Å²) in [5, 5.41) is 2.81. The number of nitrogens with one attached hydrogen (secondary N) is 1. The topological polar surface area (TPSA) is 96.0 Å². The molecule has 2 amide bonds. The summed E-state index contributed by atoms with van der Waals surface area (Å²) < 4.78 is 45.0. The molecule has 2 heterocycles. The number of carbonyl (C=O) groups is 2. The highest BCUT2D eigenvalue weighted by molar-refractivity contribution is 7.89. The molecule has 1 atom stereocenters. The number of ether oxygens (including phenoxy) is 1. The first-order valence-corrected chi connectivity index (χ1v) is 11.3. The molecular formula is C21H22FN3O5S. The molecule has 0 radical (unpaired) electrons. The van der Waals surface area contributed by atoms with E-state index in [0.29, 0.717) is 37.6 Å². The van der Waals surface area contributed by atoms with Gasteiger partial charge in [0.25, 0.3) is 5.91 Å². The zero-order valence-electron chi connectivity index (χ0n) is 16.7. The van der Waals surface area contributed by atoms with E-state index in [0.717, 1.165) is 0 Å². The van der Waals surface area contributed by atoms with Crippen molar-refractivity contribution in [2.75, 3.05) is 37.7 Å². The lowest BCUT2D eigenvalue weighted by Gasteiger charge is -2.26. The second kappa shape index (κ2) is 8.74. The third kappa shape index (κ3) is 4.60. The first-order valence-electron chi connectivity index (χ1n) is 9.89. The van der Waals surface area contributed by atoms with Crippen LogP contribution >= 0.6 is 0 Å². The molecule has 164 valence electrons. The number of hydrogen-bond acceptors (Lipinski definition) is 5. The highest BCUT2D eigenvalue weighted by Gasteiger charge is 2.32. The number of amides is 2. The van der Waals surface area contributed by atoms with Crippen LogP contribution in [-0.4, -0.2) is 63.4 Å². The van der Waals surface area contributed by atoms with Crippen molar-refractivity contribution in [1.82, 2.24) is 9.62 Å². The molecule has 0 aromatic heterocycles. The molecule has 2 saturated heterocycles. The third-order valence-electron chi connectivity index (χ3n) is 5.32. The molecule has 0 unspecified atom stereocenters. The summed E-state index contributed by atoms with van der Waals surface area (Å²) >= 11 is 0. The molecule has 2 aliphatic heterocycles. The van der Waals surface area contributed by atoms with Crippen LogP contribution in [0.5, 0.6) is 0 Å². The highest BCUT2D eigenvalue weighted by atomic mass is 32.2. The number of anilines is 1. The zero-order valence-corrected chi connectivity index (χ0v) is 17.5. The average Bonchev–Trinajstić information content (AvgIpc) is 3.14. The van der Waals surface area contributed by atoms with E-state index in [2.05, 4.69) is 5.32 Å². The largest absolute Gasteiger partial charge is 0.379 e. The van der Waals surface area contributed by atoms with E-state index in [1.165, 1.54) is 57.7 Å². The lowest BCUT2D eigenvalue weighted by atomic mass is 10.2. The van der Waals surface area contributed by atoms with Gasteiger partial charge < -0.3 is 15.0 Å². The van der Waals surface area contributed by atoms with Crippen molar-refractivity contribution in [2.45, 2.75) is 17.4 Å². The van der Waals surface area contributed by atoms with E-state index in [9.17, 15) is 22.4 Å². The summed E-state index contributed by atoms with van der Waals surface area (Å²) in [7, 11) is -3.63. The number of carbonyl (C=O) groups excluding carboxylic acids is 2. The third-order valence-corrected chi connectivity index (χ3v) is 7.24. The van der Waals surface area contributed by atoms with Crippen LogP contribution in [0.3, 0.4) is 0 Å². The second-order valence-electron chi connectivity index (χ2n) is 7.40. The number of halogens is 1. The molecule has 2 aromatic carbocycles. The molecule has 0 aliphatic carbocycles. The number of rotatable bonds is 5. The Bertz CT molecular complexity index is 1070. The molecule has 2 aromatic rings. The fourth-order valence-electron chi connectivity index (χ4n) is 3.66. The fourth-order valence-corrected chi connectivity index (χ4v) is 5.07. The van der Waals surface area contributed by atoms with Gasteiger partial charge in [-0.15, -0.1) is 0 Å². The normalized spacial score (nSPS) is 20.1. The first-order chi connectivity index (χ1) is 14.8. The van der Waals surface area contributed by atoms with Crippen LogP contribution in [0.2, 0.25) is 0 Å². The average molecular weight is 447 g/mol. The van der Waals surface area contributed by atoms with E-state index in [1.54, 1.807) is 0 Å². The van der Waals surface area contributed by atoms with Crippen molar-refractivity contribution in [3.05, 3.63) is 59.9 Å². The molecule has 8 nitrogen and oxygen atoms in total. The van der Waals surface area contributed by atoms with Gasteiger partial charge in [0.1, 0.15) is 5.82 Å². The number of benzene rings is 2. The lowest BCUT2D eigenvalue weighted by Crippen LogP contribution is -2.40. The van der Waals surface area contributed by atoms with Gasteiger partial charge >= 0.3 is 0 Å². The van der Waals surface area contributed by atoms with E-state index in [1.807, 2.05) is 0 Å². The Balaban J connectivity index is 1.40. The van der Waals surface area contributed by atoms with Crippen LogP contribution in [0.15, 0.2) is 53.4 Å². The van der Waals surface area contributed by atoms with Crippen molar-refractivity contribution in [1.29, 1.82) is 0 Å². The summed E-state index contributed by atoms with van der Waals surface area (Å²) in [5.41, 5.74) is 0.870. The monoisotopic (exact) mass is 447 g/mol. The Morgan fingerprint density at radius 1 is 1.03 bits per heavy atom. The van der Waals surface area contributed by atoms with Crippen molar-refractivity contribution < 1.29 is 27.1 Å². The molecule has 31 heavy (non-hydrogen) atoms. The summed E-state index contributed by atoms with van der Waals surface area (Å²) in [6, 6.07) is 10.9. The SMILES string of the molecule is O=C(N[C@H]1CC(=O)N(c2ccc(F)cc2)C1)c1ccc(S(=O)(=O)N2CCOCC2)cc1. The van der Waals surface area contributed by atoms with Crippen molar-refractivity contribution in [2.24, 2.45) is 0 Å². The Kier molecular flexibility index (Phi) is 6.03. The molecule has 1 N–H and O–H groups in total. The molecule has 0 bridgehead atoms. The van der Waals surface area contributed by atoms with Gasteiger partial charge in [0.2, 0.25) is 15.9 Å². The fraction of sp³-hybridized carbons (Fsp3) is 0.333. The van der Waals surface area contributed by atoms with Crippen LogP contribution < -0.4 is 10.2 Å². The van der Waals surface area contributed by atoms with Gasteiger partial charge in [-0.3, -0.25) is 9.59 Å². The van der Waals surface area contributed by atoms with E-state index in [-0.39, 0.29) is 29.6 Å². The number of sulfonamides is 1. The maximum Gasteiger partial charge on any atom is 0.251 e. The van der Waals surface area contributed by atoms with E-state index >= 15 is 0 Å². The van der Waals surface area contributed by atoms with Gasteiger partial charge in [0.15, 0.2) is 0 Å². The zero-order chi connectivity index (χ0) is 22.0. The Morgan fingerprint density at radius 3 is 2.32 bits per heavy atom. The smallest absolute Gasteiger partial charge is 0.251 e. The minimum absolute atomic E-state index is 0.115. The minimum atomic E-state index is -3.63. The summed E-state index contributed by atoms with van der Waals surface area (Å²) in [5.74, 6) is -0.947. The van der Waals surface area contributed by atoms with Crippen molar-refractivity contribution in [3.8, 4) is 0 Å². The minimum Gasteiger partial charge on any atom is -0.379 e. The molecule has 10 heteroatoms. The molecular weight excluding hydrogens is 425 g/mol. The van der Waals surface area contributed by atoms with Crippen LogP contribution in [0, 0.1) is 5.82 Å². The van der Waals surface area contributed by atoms with Gasteiger partial charge in [-0.1, -0.05) is 0 Å². The Hall–Kier alpha value is -2.82. The maximum atomic E-state index is 13.1. The number of nitrogens with zero attached hydrogens (tertiary/aromatic N) is 2. The van der Waals surface area contributed by atoms with E-state index in [4.69, 9.17) is 4.74 Å². The predicted octanol–water partition coefficient (Wildman–Crippen LogP) is 1.38. The van der Waals surface area contributed by atoms with Gasteiger partial charge in [-0.25, -0.2) is 12.8 Å². The highest BCUT2D eigenvalue weighted by Crippen LogP contribution is 2.22. The van der Waals surface area contributed by atoms with Gasteiger partial charge in [0.05, 0.1) is 24.2 Å². The molecule has 0 spiro atoms. The second-order valence-corrected chi connectivity index (χ2v) is 9.33. The first kappa shape index (κ1) is 21.4. The molecule has 4 rings (SSSR count). The lowest BCUT2D eigenvalue weighted by molar-refractivity contribution is -0.117. The van der Waals surface area contributed by atoms with Crippen LogP contribution in [0.4, 0.5) is 10.1 Å². The maximum absolute atomic E-state index is 13.1. The van der Waals surface area contributed by atoms with Crippen LogP contribution in [0.1, 0.15) is 16.8 Å². The van der Waals surface area contributed by atoms with Crippen molar-refractivity contribution in [3.63, 3.8) is 0 Å². The predicted molar refractivity (Wildman–Crippen MR) is 111 cm³/mol. The van der Waals surface area contributed by atoms with Crippen molar-refractivity contribution >= 4 is 27.5 Å². The molecule has 0 saturated carbocycles.